The molecule has 4 nitrogen and oxygen atoms in total. The van der Waals surface area contributed by atoms with E-state index in [2.05, 4.69) is 9.26 Å². The molecule has 0 bridgehead atoms. The van der Waals surface area contributed by atoms with Crippen LogP contribution in [0.1, 0.15) is 11.7 Å². The van der Waals surface area contributed by atoms with Crippen LogP contribution in [0.25, 0.3) is 0 Å². The van der Waals surface area contributed by atoms with Crippen molar-refractivity contribution in [3.8, 4) is 0 Å². The van der Waals surface area contributed by atoms with Crippen LogP contribution < -0.4 is 0 Å². The summed E-state index contributed by atoms with van der Waals surface area (Å²) in [6.45, 7) is 0.306. The Morgan fingerprint density at radius 2 is 1.52 bits per heavy atom. The lowest BCUT2D eigenvalue weighted by molar-refractivity contribution is -0.388. The first kappa shape index (κ1) is 22.0. The zero-order chi connectivity index (χ0) is 21.1. The monoisotopic (exact) mass is 432 g/mol. The van der Waals surface area contributed by atoms with E-state index in [1.165, 1.54) is 6.07 Å². The minimum atomic E-state index is -6.73. The van der Waals surface area contributed by atoms with E-state index in [0.29, 0.717) is 18.8 Å². The standard InChI is InChI=1S/C13H10F9O4P/c1-27(23,24)25-8(7-5-3-2-4-6-7)9(14,15)12(20)10(16,17)11(18,19)13(21,22)26-12/h2-6,8H,1H3,(H,23,24)/t8-,12+/m0/s1. The first-order chi connectivity index (χ1) is 11.9. The van der Waals surface area contributed by atoms with Crippen LogP contribution in [0.5, 0.6) is 0 Å². The Kier molecular flexibility index (Phi) is 4.97. The number of alkyl halides is 9. The molecule has 1 aliphatic heterocycles. The molecule has 3 atom stereocenters. The van der Waals surface area contributed by atoms with E-state index < -0.39 is 49.0 Å². The molecule has 154 valence electrons. The Morgan fingerprint density at radius 1 is 1.04 bits per heavy atom. The third-order valence-electron chi connectivity index (χ3n) is 3.59. The number of hydrogen-bond donors (Lipinski definition) is 1. The number of rotatable bonds is 5. The van der Waals surface area contributed by atoms with Gasteiger partial charge in [0.25, 0.3) is 0 Å². The highest BCUT2D eigenvalue weighted by Crippen LogP contribution is 2.67. The number of benzene rings is 1. The third kappa shape index (κ3) is 3.14. The van der Waals surface area contributed by atoms with Crippen molar-refractivity contribution in [2.45, 2.75) is 35.8 Å². The van der Waals surface area contributed by atoms with Gasteiger partial charge < -0.3 is 4.89 Å². The molecule has 1 fully saturated rings. The average molecular weight is 432 g/mol. The minimum absolute atomic E-state index is 0.306. The van der Waals surface area contributed by atoms with Crippen LogP contribution in [-0.4, -0.2) is 41.3 Å². The van der Waals surface area contributed by atoms with Gasteiger partial charge in [0.2, 0.25) is 0 Å². The molecule has 1 N–H and O–H groups in total. The fourth-order valence-corrected chi connectivity index (χ4v) is 2.94. The molecule has 1 aromatic carbocycles. The summed E-state index contributed by atoms with van der Waals surface area (Å²) in [5, 5.41) is 0. The summed E-state index contributed by atoms with van der Waals surface area (Å²) in [7, 11) is -4.98. The van der Waals surface area contributed by atoms with Crippen molar-refractivity contribution in [1.29, 1.82) is 0 Å². The summed E-state index contributed by atoms with van der Waals surface area (Å²) in [5.74, 6) is -25.6. The highest BCUT2D eigenvalue weighted by Gasteiger charge is 2.95. The van der Waals surface area contributed by atoms with Crippen molar-refractivity contribution in [2.24, 2.45) is 0 Å². The van der Waals surface area contributed by atoms with Crippen LogP contribution in [0, 0.1) is 0 Å². The van der Waals surface area contributed by atoms with Gasteiger partial charge in [-0.15, -0.1) is 0 Å². The van der Waals surface area contributed by atoms with Gasteiger partial charge in [0.1, 0.15) is 0 Å². The molecule has 1 aliphatic rings. The van der Waals surface area contributed by atoms with E-state index in [0.717, 1.165) is 12.1 Å². The van der Waals surface area contributed by atoms with Crippen molar-refractivity contribution in [2.75, 3.05) is 6.66 Å². The van der Waals surface area contributed by atoms with E-state index in [4.69, 9.17) is 4.89 Å². The molecule has 1 unspecified atom stereocenters. The maximum Gasteiger partial charge on any atom is 0.428 e. The lowest BCUT2D eigenvalue weighted by atomic mass is 9.92. The van der Waals surface area contributed by atoms with E-state index >= 15 is 0 Å². The predicted octanol–water partition coefficient (Wildman–Crippen LogP) is 4.75. The topological polar surface area (TPSA) is 55.8 Å². The molecule has 0 saturated carbocycles. The van der Waals surface area contributed by atoms with Crippen molar-refractivity contribution >= 4 is 7.60 Å². The lowest BCUT2D eigenvalue weighted by Gasteiger charge is -2.37. The highest BCUT2D eigenvalue weighted by atomic mass is 31.2. The number of hydrogen-bond acceptors (Lipinski definition) is 3. The molecule has 0 spiro atoms. The maximum atomic E-state index is 14.6. The van der Waals surface area contributed by atoms with E-state index in [1.54, 1.807) is 0 Å². The van der Waals surface area contributed by atoms with Gasteiger partial charge >= 0.3 is 37.3 Å². The maximum absolute atomic E-state index is 14.6. The zero-order valence-electron chi connectivity index (χ0n) is 13.0. The van der Waals surface area contributed by atoms with Crippen molar-refractivity contribution in [3.63, 3.8) is 0 Å². The Balaban J connectivity index is 2.67. The van der Waals surface area contributed by atoms with E-state index in [-0.39, 0.29) is 0 Å². The summed E-state index contributed by atoms with van der Waals surface area (Å²) in [5.41, 5.74) is -0.936. The summed E-state index contributed by atoms with van der Waals surface area (Å²) < 4.78 is 141. The third-order valence-corrected chi connectivity index (χ3v) is 4.20. The largest absolute Gasteiger partial charge is 0.428 e. The van der Waals surface area contributed by atoms with Crippen LogP contribution in [-0.2, 0) is 13.8 Å². The quantitative estimate of drug-likeness (QED) is 0.539. The second-order valence-electron chi connectivity index (χ2n) is 5.68. The number of halogens is 9. The Bertz CT molecular complexity index is 751. The van der Waals surface area contributed by atoms with Gasteiger partial charge in [-0.05, 0) is 5.56 Å². The number of ether oxygens (including phenoxy) is 1. The molecule has 0 aliphatic carbocycles. The van der Waals surface area contributed by atoms with Crippen LogP contribution in [0.15, 0.2) is 30.3 Å². The predicted molar refractivity (Wildman–Crippen MR) is 70.7 cm³/mol. The van der Waals surface area contributed by atoms with Crippen LogP contribution >= 0.6 is 7.60 Å². The van der Waals surface area contributed by atoms with E-state index in [9.17, 15) is 44.1 Å². The molecule has 1 aromatic rings. The van der Waals surface area contributed by atoms with Crippen LogP contribution in [0.3, 0.4) is 0 Å². The Labute approximate surface area is 145 Å². The molecule has 0 aromatic heterocycles. The van der Waals surface area contributed by atoms with Gasteiger partial charge in [0.15, 0.2) is 6.10 Å². The molecule has 1 heterocycles. The van der Waals surface area contributed by atoms with Gasteiger partial charge in [-0.25, -0.2) is 0 Å². The van der Waals surface area contributed by atoms with E-state index in [1.807, 2.05) is 0 Å². The minimum Gasteiger partial charge on any atom is -0.324 e. The Morgan fingerprint density at radius 3 is 1.89 bits per heavy atom. The fourth-order valence-electron chi connectivity index (χ4n) is 2.30. The van der Waals surface area contributed by atoms with Crippen molar-refractivity contribution < 1.29 is 58.2 Å². The fraction of sp³-hybridized carbons (Fsp3) is 0.538. The second kappa shape index (κ2) is 6.10. The zero-order valence-corrected chi connectivity index (χ0v) is 13.9. The molecule has 14 heteroatoms. The first-order valence-electron chi connectivity index (χ1n) is 6.85. The smallest absolute Gasteiger partial charge is 0.324 e. The summed E-state index contributed by atoms with van der Waals surface area (Å²) >= 11 is 0. The average Bonchev–Trinajstić information content (AvgIpc) is 2.60. The molecule has 27 heavy (non-hydrogen) atoms. The summed E-state index contributed by atoms with van der Waals surface area (Å²) in [6, 6.07) is 4.54. The van der Waals surface area contributed by atoms with Gasteiger partial charge in [0, 0.05) is 6.66 Å². The molecule has 0 amide bonds. The summed E-state index contributed by atoms with van der Waals surface area (Å²) in [4.78, 5) is 9.13. The molecular weight excluding hydrogens is 422 g/mol. The first-order valence-corrected chi connectivity index (χ1v) is 8.87. The lowest BCUT2D eigenvalue weighted by Crippen LogP contribution is -2.62. The molecule has 1 saturated heterocycles. The highest BCUT2D eigenvalue weighted by molar-refractivity contribution is 7.51. The second-order valence-corrected chi connectivity index (χ2v) is 7.50. The van der Waals surface area contributed by atoms with Crippen LogP contribution in [0.2, 0.25) is 0 Å². The Hall–Kier alpha value is -1.30. The molecular formula is C13H10F9O4P. The normalized spacial score (nSPS) is 29.9. The van der Waals surface area contributed by atoms with Gasteiger partial charge in [-0.1, -0.05) is 30.3 Å². The van der Waals surface area contributed by atoms with Crippen molar-refractivity contribution in [1.82, 2.24) is 0 Å². The SMILES string of the molecule is CP(=O)(O)O[C@@H](c1ccccc1)C(F)(F)[C@@]1(F)OC(F)(F)C(F)(F)C1(F)F. The van der Waals surface area contributed by atoms with Gasteiger partial charge in [0.05, 0.1) is 0 Å². The van der Waals surface area contributed by atoms with Gasteiger partial charge in [-0.3, -0.25) is 13.8 Å². The molecule has 2 rings (SSSR count). The molecule has 0 radical (unpaired) electrons. The van der Waals surface area contributed by atoms with Gasteiger partial charge in [-0.2, -0.15) is 39.5 Å². The van der Waals surface area contributed by atoms with Crippen LogP contribution in [0.4, 0.5) is 39.5 Å². The van der Waals surface area contributed by atoms with Crippen molar-refractivity contribution in [3.05, 3.63) is 35.9 Å². The summed E-state index contributed by atoms with van der Waals surface area (Å²) in [6.07, 6.45) is -9.74.